The van der Waals surface area contributed by atoms with E-state index in [0.717, 1.165) is 47.7 Å². The largest absolute Gasteiger partial charge is 0.494 e. The molecule has 2 amide bonds. The molecule has 48 heavy (non-hydrogen) atoms. The summed E-state index contributed by atoms with van der Waals surface area (Å²) in [7, 11) is -4.35. The highest BCUT2D eigenvalue weighted by molar-refractivity contribution is 7.92. The van der Waals surface area contributed by atoms with Crippen LogP contribution in [0.1, 0.15) is 43.7 Å². The number of benzene rings is 4. The number of rotatable bonds is 14. The lowest BCUT2D eigenvalue weighted by atomic mass is 10.0. The van der Waals surface area contributed by atoms with Crippen molar-refractivity contribution in [1.29, 1.82) is 0 Å². The second-order valence-electron chi connectivity index (χ2n) is 11.7. The molecule has 11 heteroatoms. The summed E-state index contributed by atoms with van der Waals surface area (Å²) in [6.07, 6.45) is 3.90. The van der Waals surface area contributed by atoms with Crippen LogP contribution in [0.4, 0.5) is 10.1 Å². The molecule has 1 fully saturated rings. The van der Waals surface area contributed by atoms with Gasteiger partial charge in [0, 0.05) is 24.0 Å². The van der Waals surface area contributed by atoms with E-state index in [9.17, 15) is 22.4 Å². The van der Waals surface area contributed by atoms with Gasteiger partial charge in [0.1, 0.15) is 24.2 Å². The van der Waals surface area contributed by atoms with Crippen LogP contribution in [0.3, 0.4) is 0 Å². The average molecular weight is 692 g/mol. The minimum Gasteiger partial charge on any atom is -0.494 e. The number of hydrogen-bond acceptors (Lipinski definition) is 5. The van der Waals surface area contributed by atoms with E-state index in [1.54, 1.807) is 24.3 Å². The molecule has 0 saturated heterocycles. The standard InChI is InChI=1S/C37H39ClFN3O5S/c1-2-47-32-20-22-33(23-21-32)48(45,46)42(31-18-16-29(39)17-19-31)26-36(43)41(25-28-12-6-9-15-34(28)38)35(24-27-10-4-3-5-11-27)37(44)40-30-13-7-8-14-30/h3-6,9-12,15-23,30,35H,2,7-8,13-14,24-26H2,1H3,(H,40,44). The van der Waals surface area contributed by atoms with Crippen LogP contribution in [0.25, 0.3) is 0 Å². The van der Waals surface area contributed by atoms with Gasteiger partial charge >= 0.3 is 0 Å². The third-order valence-electron chi connectivity index (χ3n) is 8.39. The van der Waals surface area contributed by atoms with Crippen molar-refractivity contribution in [2.45, 2.75) is 62.6 Å². The molecule has 1 N–H and O–H groups in total. The maximum atomic E-state index is 14.6. The Morgan fingerprint density at radius 3 is 2.21 bits per heavy atom. The lowest BCUT2D eigenvalue weighted by Crippen LogP contribution is -2.54. The van der Waals surface area contributed by atoms with Gasteiger partial charge in [-0.25, -0.2) is 12.8 Å². The first-order valence-corrected chi connectivity index (χ1v) is 17.9. The van der Waals surface area contributed by atoms with E-state index in [0.29, 0.717) is 22.9 Å². The second-order valence-corrected chi connectivity index (χ2v) is 14.0. The van der Waals surface area contributed by atoms with Gasteiger partial charge in [-0.3, -0.25) is 13.9 Å². The molecule has 0 heterocycles. The fourth-order valence-electron chi connectivity index (χ4n) is 5.87. The number of nitrogens with zero attached hydrogens (tertiary/aromatic N) is 2. The Balaban J connectivity index is 1.56. The maximum Gasteiger partial charge on any atom is 0.264 e. The fourth-order valence-corrected chi connectivity index (χ4v) is 7.48. The molecule has 0 spiro atoms. The summed E-state index contributed by atoms with van der Waals surface area (Å²) in [5, 5.41) is 3.55. The van der Waals surface area contributed by atoms with Crippen LogP contribution in [0.15, 0.2) is 108 Å². The minimum absolute atomic E-state index is 0.0104. The molecule has 1 atom stereocenters. The zero-order valence-electron chi connectivity index (χ0n) is 26.7. The van der Waals surface area contributed by atoms with Crippen LogP contribution in [-0.4, -0.2) is 50.4 Å². The highest BCUT2D eigenvalue weighted by Gasteiger charge is 2.36. The molecule has 0 aromatic heterocycles. The number of amides is 2. The van der Waals surface area contributed by atoms with Crippen LogP contribution >= 0.6 is 11.6 Å². The molecule has 8 nitrogen and oxygen atoms in total. The zero-order chi connectivity index (χ0) is 34.1. The Kier molecular flexibility index (Phi) is 11.7. The van der Waals surface area contributed by atoms with Gasteiger partial charge in [-0.1, -0.05) is 73.0 Å². The second kappa shape index (κ2) is 16.1. The predicted octanol–water partition coefficient (Wildman–Crippen LogP) is 6.77. The van der Waals surface area contributed by atoms with Crippen molar-refractivity contribution in [3.8, 4) is 5.75 Å². The van der Waals surface area contributed by atoms with E-state index in [4.69, 9.17) is 16.3 Å². The number of carbonyl (C=O) groups excluding carboxylic acids is 2. The van der Waals surface area contributed by atoms with Crippen molar-refractivity contribution in [1.82, 2.24) is 10.2 Å². The van der Waals surface area contributed by atoms with Crippen molar-refractivity contribution in [2.75, 3.05) is 17.5 Å². The number of anilines is 1. The molecule has 4 aromatic carbocycles. The number of carbonyl (C=O) groups is 2. The van der Waals surface area contributed by atoms with Crippen molar-refractivity contribution in [3.05, 3.63) is 125 Å². The molecule has 252 valence electrons. The lowest BCUT2D eigenvalue weighted by Gasteiger charge is -2.34. The van der Waals surface area contributed by atoms with Crippen molar-refractivity contribution < 1.29 is 27.1 Å². The predicted molar refractivity (Wildman–Crippen MR) is 185 cm³/mol. The molecule has 4 aromatic rings. The average Bonchev–Trinajstić information content (AvgIpc) is 3.60. The Bertz CT molecular complexity index is 1780. The normalized spacial score (nSPS) is 13.9. The third-order valence-corrected chi connectivity index (χ3v) is 10.5. The molecule has 0 bridgehead atoms. The summed E-state index contributed by atoms with van der Waals surface area (Å²) in [4.78, 5) is 30.0. The van der Waals surface area contributed by atoms with E-state index >= 15 is 0 Å². The van der Waals surface area contributed by atoms with Crippen molar-refractivity contribution in [2.24, 2.45) is 0 Å². The number of nitrogens with one attached hydrogen (secondary N) is 1. The molecular weight excluding hydrogens is 653 g/mol. The Morgan fingerprint density at radius 1 is 0.917 bits per heavy atom. The molecule has 0 aliphatic heterocycles. The van der Waals surface area contributed by atoms with Crippen molar-refractivity contribution in [3.63, 3.8) is 0 Å². The van der Waals surface area contributed by atoms with Gasteiger partial charge in [-0.2, -0.15) is 0 Å². The number of ether oxygens (including phenoxy) is 1. The highest BCUT2D eigenvalue weighted by Crippen LogP contribution is 2.28. The molecule has 1 aliphatic carbocycles. The van der Waals surface area contributed by atoms with E-state index in [1.165, 1.54) is 41.3 Å². The van der Waals surface area contributed by atoms with Crippen LogP contribution in [0.2, 0.25) is 5.02 Å². The molecule has 1 aliphatic rings. The summed E-state index contributed by atoms with van der Waals surface area (Å²) >= 11 is 6.57. The Labute approximate surface area is 286 Å². The molecular formula is C37H39ClFN3O5S. The summed E-state index contributed by atoms with van der Waals surface area (Å²) in [5.74, 6) is -1.02. The molecule has 1 saturated carbocycles. The first-order chi connectivity index (χ1) is 23.2. The third kappa shape index (κ3) is 8.73. The molecule has 5 rings (SSSR count). The van der Waals surface area contributed by atoms with Gasteiger partial charge in [0.15, 0.2) is 0 Å². The van der Waals surface area contributed by atoms with E-state index in [1.807, 2.05) is 37.3 Å². The minimum atomic E-state index is -4.35. The quantitative estimate of drug-likeness (QED) is 0.158. The van der Waals surface area contributed by atoms with Crippen LogP contribution < -0.4 is 14.4 Å². The smallest absolute Gasteiger partial charge is 0.264 e. The first kappa shape index (κ1) is 34.9. The van der Waals surface area contributed by atoms with E-state index < -0.39 is 34.3 Å². The Morgan fingerprint density at radius 2 is 1.56 bits per heavy atom. The van der Waals surface area contributed by atoms with Gasteiger partial charge in [0.05, 0.1) is 17.2 Å². The topological polar surface area (TPSA) is 96.0 Å². The lowest BCUT2D eigenvalue weighted by molar-refractivity contribution is -0.140. The summed E-state index contributed by atoms with van der Waals surface area (Å²) in [5.41, 5.74) is 1.52. The van der Waals surface area contributed by atoms with Gasteiger partial charge in [0.2, 0.25) is 11.8 Å². The van der Waals surface area contributed by atoms with Crippen LogP contribution in [-0.2, 0) is 32.6 Å². The van der Waals surface area contributed by atoms with E-state index in [-0.39, 0.29) is 35.5 Å². The molecule has 1 unspecified atom stereocenters. The zero-order valence-corrected chi connectivity index (χ0v) is 28.3. The van der Waals surface area contributed by atoms with Crippen LogP contribution in [0.5, 0.6) is 5.75 Å². The van der Waals surface area contributed by atoms with Gasteiger partial charge in [-0.15, -0.1) is 0 Å². The maximum absolute atomic E-state index is 14.6. The van der Waals surface area contributed by atoms with Gasteiger partial charge in [0.25, 0.3) is 10.0 Å². The number of hydrogen-bond donors (Lipinski definition) is 1. The van der Waals surface area contributed by atoms with Crippen LogP contribution in [0, 0.1) is 5.82 Å². The Hall–Kier alpha value is -4.41. The number of sulfonamides is 1. The van der Waals surface area contributed by atoms with Gasteiger partial charge in [-0.05, 0) is 85.5 Å². The highest BCUT2D eigenvalue weighted by atomic mass is 35.5. The summed E-state index contributed by atoms with van der Waals surface area (Å²) < 4.78 is 48.8. The SMILES string of the molecule is CCOc1ccc(S(=O)(=O)N(CC(=O)N(Cc2ccccc2Cl)C(Cc2ccccc2)C(=O)NC2CCCC2)c2ccc(F)cc2)cc1. The van der Waals surface area contributed by atoms with Gasteiger partial charge < -0.3 is 15.0 Å². The monoisotopic (exact) mass is 691 g/mol. The first-order valence-electron chi connectivity index (χ1n) is 16.0. The number of halogens is 2. The summed E-state index contributed by atoms with van der Waals surface area (Å²) in [6.45, 7) is 1.52. The fraction of sp³-hybridized carbons (Fsp3) is 0.297. The molecule has 0 radical (unpaired) electrons. The summed E-state index contributed by atoms with van der Waals surface area (Å²) in [6, 6.07) is 26.1. The van der Waals surface area contributed by atoms with Crippen molar-refractivity contribution >= 4 is 39.1 Å². The van der Waals surface area contributed by atoms with E-state index in [2.05, 4.69) is 5.32 Å².